The van der Waals surface area contributed by atoms with E-state index in [0.29, 0.717) is 5.56 Å². The number of nitrogens with one attached hydrogen (secondary N) is 1. The molecule has 0 saturated carbocycles. The van der Waals surface area contributed by atoms with Gasteiger partial charge in [0.1, 0.15) is 0 Å². The Morgan fingerprint density at radius 3 is 2.57 bits per heavy atom. The molecular weight excluding hydrogens is 312 g/mol. The Kier molecular flexibility index (Phi) is 6.17. The number of hydrogen-bond donors (Lipinski definition) is 1. The fourth-order valence-electron chi connectivity index (χ4n) is 2.08. The highest BCUT2D eigenvalue weighted by Gasteiger charge is 2.19. The lowest BCUT2D eigenvalue weighted by molar-refractivity contribution is -0.141. The van der Waals surface area contributed by atoms with Crippen LogP contribution in [0.2, 0.25) is 0 Å². The van der Waals surface area contributed by atoms with Gasteiger partial charge < -0.3 is 10.1 Å². The summed E-state index contributed by atoms with van der Waals surface area (Å²) < 4.78 is 4.73. The summed E-state index contributed by atoms with van der Waals surface area (Å²) in [6.45, 7) is 0. The van der Waals surface area contributed by atoms with Crippen molar-refractivity contribution >= 4 is 23.6 Å². The Labute approximate surface area is 139 Å². The summed E-state index contributed by atoms with van der Waals surface area (Å²) in [5.74, 6) is -0.656. The Bertz CT molecular complexity index is 659. The lowest BCUT2D eigenvalue weighted by Crippen LogP contribution is -2.30. The van der Waals surface area contributed by atoms with Crippen molar-refractivity contribution in [2.45, 2.75) is 17.4 Å². The van der Waals surface area contributed by atoms with Crippen LogP contribution in [0.4, 0.5) is 0 Å². The van der Waals surface area contributed by atoms with Crippen LogP contribution in [0.15, 0.2) is 53.7 Å². The molecule has 23 heavy (non-hydrogen) atoms. The number of methoxy groups -OCH3 is 1. The van der Waals surface area contributed by atoms with Gasteiger partial charge in [-0.2, -0.15) is 0 Å². The topological polar surface area (TPSA) is 68.3 Å². The first-order chi connectivity index (χ1) is 11.1. The molecule has 0 aliphatic heterocycles. The first-order valence-corrected chi connectivity index (χ1v) is 8.28. The number of esters is 1. The molecule has 2 aromatic rings. The van der Waals surface area contributed by atoms with Crippen molar-refractivity contribution in [1.82, 2.24) is 10.3 Å². The molecule has 0 fully saturated rings. The Morgan fingerprint density at radius 2 is 2.00 bits per heavy atom. The zero-order valence-electron chi connectivity index (χ0n) is 13.0. The summed E-state index contributed by atoms with van der Waals surface area (Å²) in [4.78, 5) is 29.0. The molecule has 2 rings (SSSR count). The van der Waals surface area contributed by atoms with Crippen LogP contribution < -0.4 is 5.32 Å². The van der Waals surface area contributed by atoms with Crippen molar-refractivity contribution in [2.24, 2.45) is 0 Å². The van der Waals surface area contributed by atoms with E-state index >= 15 is 0 Å². The van der Waals surface area contributed by atoms with Gasteiger partial charge in [0.25, 0.3) is 5.91 Å². The number of carbonyl (C=O) groups is 2. The number of benzene rings is 1. The van der Waals surface area contributed by atoms with E-state index in [0.717, 1.165) is 10.5 Å². The quantitative estimate of drug-likeness (QED) is 0.651. The van der Waals surface area contributed by atoms with Gasteiger partial charge >= 0.3 is 5.97 Å². The number of pyridine rings is 1. The molecular formula is C17H18N2O3S. The maximum atomic E-state index is 12.3. The first-order valence-electron chi connectivity index (χ1n) is 7.05. The molecule has 0 spiro atoms. The predicted molar refractivity (Wildman–Crippen MR) is 89.3 cm³/mol. The molecule has 1 aromatic heterocycles. The average Bonchev–Trinajstić information content (AvgIpc) is 2.61. The summed E-state index contributed by atoms with van der Waals surface area (Å²) in [5, 5.41) is 2.87. The molecule has 1 N–H and O–H groups in total. The van der Waals surface area contributed by atoms with Crippen molar-refractivity contribution in [2.75, 3.05) is 13.4 Å². The van der Waals surface area contributed by atoms with Gasteiger partial charge in [0.2, 0.25) is 0 Å². The van der Waals surface area contributed by atoms with Crippen LogP contribution in [0.3, 0.4) is 0 Å². The lowest BCUT2D eigenvalue weighted by atomic mass is 10.0. The minimum atomic E-state index is -0.453. The van der Waals surface area contributed by atoms with Gasteiger partial charge in [0.15, 0.2) is 0 Å². The van der Waals surface area contributed by atoms with Crippen LogP contribution in [-0.4, -0.2) is 30.2 Å². The lowest BCUT2D eigenvalue weighted by Gasteiger charge is -2.18. The van der Waals surface area contributed by atoms with Crippen LogP contribution in [0.1, 0.15) is 28.4 Å². The average molecular weight is 330 g/mol. The highest BCUT2D eigenvalue weighted by molar-refractivity contribution is 7.98. The van der Waals surface area contributed by atoms with Gasteiger partial charge in [-0.25, -0.2) is 0 Å². The van der Waals surface area contributed by atoms with Crippen LogP contribution in [0.25, 0.3) is 0 Å². The number of hydrogen-bond acceptors (Lipinski definition) is 5. The number of ether oxygens (including phenoxy) is 1. The second kappa shape index (κ2) is 8.33. The van der Waals surface area contributed by atoms with Gasteiger partial charge in [0.05, 0.1) is 25.1 Å². The zero-order chi connectivity index (χ0) is 16.7. The summed E-state index contributed by atoms with van der Waals surface area (Å²) in [7, 11) is 1.33. The Hall–Kier alpha value is -2.34. The van der Waals surface area contributed by atoms with Gasteiger partial charge in [-0.15, -0.1) is 11.8 Å². The number of amides is 1. The molecule has 0 radical (unpaired) electrons. The smallest absolute Gasteiger partial charge is 0.307 e. The van der Waals surface area contributed by atoms with E-state index in [2.05, 4.69) is 10.3 Å². The standard InChI is InChI=1S/C17H18N2O3S/c1-22-16(20)10-15(12-5-7-14(23-2)8-6-12)19-17(21)13-4-3-9-18-11-13/h3-9,11,15H,10H2,1-2H3,(H,19,21)/t15-/m0/s1. The number of aromatic nitrogens is 1. The third-order valence-corrected chi connectivity index (χ3v) is 4.09. The predicted octanol–water partition coefficient (Wildman–Crippen LogP) is 2.84. The molecule has 0 aliphatic carbocycles. The van der Waals surface area contributed by atoms with E-state index < -0.39 is 6.04 Å². The Balaban J connectivity index is 2.19. The Morgan fingerprint density at radius 1 is 1.26 bits per heavy atom. The molecule has 1 aromatic carbocycles. The first kappa shape index (κ1) is 17.0. The van der Waals surface area contributed by atoms with Crippen molar-refractivity contribution in [3.05, 3.63) is 59.9 Å². The van der Waals surface area contributed by atoms with E-state index in [-0.39, 0.29) is 18.3 Å². The summed E-state index contributed by atoms with van der Waals surface area (Å²) in [5.41, 5.74) is 1.30. The van der Waals surface area contributed by atoms with E-state index in [1.54, 1.807) is 30.1 Å². The molecule has 120 valence electrons. The van der Waals surface area contributed by atoms with E-state index in [4.69, 9.17) is 4.74 Å². The highest BCUT2D eigenvalue weighted by atomic mass is 32.2. The van der Waals surface area contributed by atoms with Crippen molar-refractivity contribution in [3.8, 4) is 0 Å². The maximum absolute atomic E-state index is 12.3. The highest BCUT2D eigenvalue weighted by Crippen LogP contribution is 2.22. The van der Waals surface area contributed by atoms with E-state index in [1.165, 1.54) is 13.3 Å². The number of rotatable bonds is 6. The molecule has 0 bridgehead atoms. The van der Waals surface area contributed by atoms with Gasteiger partial charge in [0, 0.05) is 17.3 Å². The van der Waals surface area contributed by atoms with Crippen molar-refractivity contribution in [1.29, 1.82) is 0 Å². The normalized spacial score (nSPS) is 11.6. The van der Waals surface area contributed by atoms with Crippen LogP contribution in [0.5, 0.6) is 0 Å². The van der Waals surface area contributed by atoms with Gasteiger partial charge in [-0.05, 0) is 36.1 Å². The second-order valence-electron chi connectivity index (χ2n) is 4.82. The minimum absolute atomic E-state index is 0.0706. The third kappa shape index (κ3) is 4.82. The number of nitrogens with zero attached hydrogens (tertiary/aromatic N) is 1. The van der Waals surface area contributed by atoms with Gasteiger partial charge in [-0.1, -0.05) is 12.1 Å². The molecule has 0 unspecified atom stereocenters. The molecule has 0 saturated heterocycles. The van der Waals surface area contributed by atoms with Crippen LogP contribution in [-0.2, 0) is 9.53 Å². The fourth-order valence-corrected chi connectivity index (χ4v) is 2.49. The van der Waals surface area contributed by atoms with Crippen LogP contribution in [0, 0.1) is 0 Å². The second-order valence-corrected chi connectivity index (χ2v) is 5.70. The summed E-state index contributed by atoms with van der Waals surface area (Å²) in [6, 6.07) is 10.6. The molecule has 0 aliphatic rings. The SMILES string of the molecule is COC(=O)C[C@H](NC(=O)c1cccnc1)c1ccc(SC)cc1. The largest absolute Gasteiger partial charge is 0.469 e. The zero-order valence-corrected chi connectivity index (χ0v) is 13.8. The maximum Gasteiger partial charge on any atom is 0.307 e. The number of carbonyl (C=O) groups excluding carboxylic acids is 2. The summed E-state index contributed by atoms with van der Waals surface area (Å²) in [6.07, 6.45) is 5.15. The molecule has 5 nitrogen and oxygen atoms in total. The van der Waals surface area contributed by atoms with Crippen molar-refractivity contribution in [3.63, 3.8) is 0 Å². The number of thioether (sulfide) groups is 1. The van der Waals surface area contributed by atoms with Crippen molar-refractivity contribution < 1.29 is 14.3 Å². The molecule has 1 amide bonds. The molecule has 6 heteroatoms. The summed E-state index contributed by atoms with van der Waals surface area (Å²) >= 11 is 1.63. The van der Waals surface area contributed by atoms with Crippen LogP contribution >= 0.6 is 11.8 Å². The minimum Gasteiger partial charge on any atom is -0.469 e. The monoisotopic (exact) mass is 330 g/mol. The van der Waals surface area contributed by atoms with E-state index in [9.17, 15) is 9.59 Å². The molecule has 1 atom stereocenters. The van der Waals surface area contributed by atoms with E-state index in [1.807, 2.05) is 30.5 Å². The fraction of sp³-hybridized carbons (Fsp3) is 0.235. The molecule has 1 heterocycles. The van der Waals surface area contributed by atoms with Gasteiger partial charge in [-0.3, -0.25) is 14.6 Å². The third-order valence-electron chi connectivity index (χ3n) is 3.35.